The smallest absolute Gasteiger partial charge is 0.459 e. The van der Waals surface area contributed by atoms with Gasteiger partial charge in [-0.2, -0.15) is 13.2 Å². The third-order valence-electron chi connectivity index (χ3n) is 5.36. The molecular formula is C26H21F3N2O3. The Balaban J connectivity index is 1.68. The number of ether oxygens (including phenoxy) is 1. The predicted molar refractivity (Wildman–Crippen MR) is 122 cm³/mol. The summed E-state index contributed by atoms with van der Waals surface area (Å²) in [6.07, 6.45) is -5.33. The van der Waals surface area contributed by atoms with Gasteiger partial charge in [-0.1, -0.05) is 78.9 Å². The summed E-state index contributed by atoms with van der Waals surface area (Å²) in [7, 11) is 0. The number of amides is 1. The minimum atomic E-state index is -5.14. The van der Waals surface area contributed by atoms with Gasteiger partial charge >= 0.3 is 18.1 Å². The molecular weight excluding hydrogens is 445 g/mol. The van der Waals surface area contributed by atoms with E-state index in [9.17, 15) is 22.8 Å². The zero-order valence-corrected chi connectivity index (χ0v) is 17.9. The van der Waals surface area contributed by atoms with E-state index >= 15 is 0 Å². The van der Waals surface area contributed by atoms with Gasteiger partial charge < -0.3 is 15.0 Å². The Kier molecular flexibility index (Phi) is 6.67. The average molecular weight is 466 g/mol. The van der Waals surface area contributed by atoms with Crippen LogP contribution in [-0.4, -0.2) is 29.1 Å². The Bertz CT molecular complexity index is 1290. The number of carbonyl (C=O) groups excluding carboxylic acids is 2. The molecule has 0 saturated carbocycles. The molecule has 4 aromatic rings. The van der Waals surface area contributed by atoms with E-state index in [1.807, 2.05) is 53.8 Å². The number of carbonyl (C=O) groups is 2. The summed E-state index contributed by atoms with van der Waals surface area (Å²) in [4.78, 5) is 27.9. The molecule has 0 spiro atoms. The van der Waals surface area contributed by atoms with E-state index in [1.54, 1.807) is 36.4 Å². The van der Waals surface area contributed by atoms with Crippen molar-refractivity contribution < 1.29 is 27.5 Å². The Morgan fingerprint density at radius 2 is 1.50 bits per heavy atom. The van der Waals surface area contributed by atoms with E-state index in [4.69, 9.17) is 4.74 Å². The standard InChI is InChI=1S/C26H21F3N2O3/c27-26(28,29)25(33)31-22(24(32)34-16-17-9-3-1-4-10-17)15-20-19-13-7-8-14-21(19)30-23(20)18-11-5-2-6-12-18/h1-14,22,30H,15-16H2,(H,31,33)/t22-/m0/s1. The van der Waals surface area contributed by atoms with Crippen LogP contribution in [0.1, 0.15) is 11.1 Å². The third-order valence-corrected chi connectivity index (χ3v) is 5.36. The van der Waals surface area contributed by atoms with Crippen LogP contribution in [0.2, 0.25) is 0 Å². The van der Waals surface area contributed by atoms with Crippen molar-refractivity contribution in [3.05, 3.63) is 96.1 Å². The monoisotopic (exact) mass is 466 g/mol. The molecule has 0 saturated heterocycles. The summed E-state index contributed by atoms with van der Waals surface area (Å²) >= 11 is 0. The summed E-state index contributed by atoms with van der Waals surface area (Å²) in [6.45, 7) is -0.127. The van der Waals surface area contributed by atoms with Gasteiger partial charge in [-0.05, 0) is 22.8 Å². The van der Waals surface area contributed by atoms with Gasteiger partial charge in [0.15, 0.2) is 0 Å². The molecule has 34 heavy (non-hydrogen) atoms. The molecule has 174 valence electrons. The number of halogens is 3. The second-order valence-corrected chi connectivity index (χ2v) is 7.71. The maximum absolute atomic E-state index is 13.0. The first kappa shape index (κ1) is 23.1. The first-order valence-corrected chi connectivity index (χ1v) is 10.6. The normalized spacial score (nSPS) is 12.3. The quantitative estimate of drug-likeness (QED) is 0.369. The molecule has 8 heteroatoms. The van der Waals surface area contributed by atoms with Gasteiger partial charge in [-0.25, -0.2) is 4.79 Å². The highest BCUT2D eigenvalue weighted by atomic mass is 19.4. The van der Waals surface area contributed by atoms with E-state index in [0.29, 0.717) is 16.8 Å². The lowest BCUT2D eigenvalue weighted by Crippen LogP contribution is -2.48. The summed E-state index contributed by atoms with van der Waals surface area (Å²) in [5.41, 5.74) is 3.49. The number of nitrogens with one attached hydrogen (secondary N) is 2. The van der Waals surface area contributed by atoms with Crippen LogP contribution in [0.4, 0.5) is 13.2 Å². The van der Waals surface area contributed by atoms with Crippen molar-refractivity contribution in [3.8, 4) is 11.3 Å². The molecule has 0 bridgehead atoms. The van der Waals surface area contributed by atoms with Crippen molar-refractivity contribution in [2.24, 2.45) is 0 Å². The fraction of sp³-hybridized carbons (Fsp3) is 0.154. The molecule has 3 aromatic carbocycles. The molecule has 0 radical (unpaired) electrons. The molecule has 2 N–H and O–H groups in total. The Labute approximate surface area is 193 Å². The van der Waals surface area contributed by atoms with Crippen molar-refractivity contribution in [3.63, 3.8) is 0 Å². The fourth-order valence-corrected chi connectivity index (χ4v) is 3.73. The third kappa shape index (κ3) is 5.28. The van der Waals surface area contributed by atoms with Gasteiger partial charge in [0, 0.05) is 23.0 Å². The molecule has 0 aliphatic carbocycles. The maximum Gasteiger partial charge on any atom is 0.471 e. The number of alkyl halides is 3. The molecule has 1 atom stereocenters. The van der Waals surface area contributed by atoms with Gasteiger partial charge in [0.25, 0.3) is 0 Å². The minimum Gasteiger partial charge on any atom is -0.459 e. The number of H-pyrrole nitrogens is 1. The molecule has 1 amide bonds. The number of para-hydroxylation sites is 1. The lowest BCUT2D eigenvalue weighted by Gasteiger charge is -2.19. The highest BCUT2D eigenvalue weighted by molar-refractivity contribution is 5.93. The Morgan fingerprint density at radius 3 is 2.18 bits per heavy atom. The molecule has 0 aliphatic heterocycles. The van der Waals surface area contributed by atoms with Gasteiger partial charge in [0.2, 0.25) is 0 Å². The van der Waals surface area contributed by atoms with Gasteiger partial charge in [-0.15, -0.1) is 0 Å². The molecule has 5 nitrogen and oxygen atoms in total. The van der Waals surface area contributed by atoms with E-state index in [0.717, 1.165) is 16.5 Å². The van der Waals surface area contributed by atoms with Crippen molar-refractivity contribution in [1.29, 1.82) is 0 Å². The largest absolute Gasteiger partial charge is 0.471 e. The lowest BCUT2D eigenvalue weighted by molar-refractivity contribution is -0.176. The highest BCUT2D eigenvalue weighted by Gasteiger charge is 2.41. The van der Waals surface area contributed by atoms with E-state index in [2.05, 4.69) is 4.98 Å². The van der Waals surface area contributed by atoms with Crippen molar-refractivity contribution >= 4 is 22.8 Å². The van der Waals surface area contributed by atoms with Crippen LogP contribution >= 0.6 is 0 Å². The topological polar surface area (TPSA) is 71.2 Å². The first-order chi connectivity index (χ1) is 16.3. The Hall–Kier alpha value is -4.07. The number of fused-ring (bicyclic) bond motifs is 1. The van der Waals surface area contributed by atoms with Crippen molar-refractivity contribution in [2.75, 3.05) is 0 Å². The summed E-state index contributed by atoms with van der Waals surface area (Å²) in [5, 5.41) is 2.56. The highest BCUT2D eigenvalue weighted by Crippen LogP contribution is 2.31. The summed E-state index contributed by atoms with van der Waals surface area (Å²) in [5.74, 6) is -3.15. The van der Waals surface area contributed by atoms with Gasteiger partial charge in [-0.3, -0.25) is 4.79 Å². The number of hydrogen-bond donors (Lipinski definition) is 2. The second-order valence-electron chi connectivity index (χ2n) is 7.71. The van der Waals surface area contributed by atoms with Crippen molar-refractivity contribution in [1.82, 2.24) is 10.3 Å². The van der Waals surface area contributed by atoms with Crippen LogP contribution in [0.15, 0.2) is 84.9 Å². The zero-order chi connectivity index (χ0) is 24.1. The summed E-state index contributed by atoms with van der Waals surface area (Å²) in [6, 6.07) is 23.7. The van der Waals surface area contributed by atoms with Crippen LogP contribution in [0.3, 0.4) is 0 Å². The zero-order valence-electron chi connectivity index (χ0n) is 17.9. The second kappa shape index (κ2) is 9.82. The fourth-order valence-electron chi connectivity index (χ4n) is 3.73. The SMILES string of the molecule is O=C(OCc1ccccc1)[C@H](Cc1c(-c2ccccc2)[nH]c2ccccc12)NC(=O)C(F)(F)F. The van der Waals surface area contributed by atoms with Crippen LogP contribution in [0.5, 0.6) is 0 Å². The van der Waals surface area contributed by atoms with Crippen molar-refractivity contribution in [2.45, 2.75) is 25.2 Å². The number of benzene rings is 3. The number of hydrogen-bond acceptors (Lipinski definition) is 3. The molecule has 0 unspecified atom stereocenters. The van der Waals surface area contributed by atoms with Crippen LogP contribution in [0, 0.1) is 0 Å². The molecule has 1 aromatic heterocycles. The molecule has 0 fully saturated rings. The van der Waals surface area contributed by atoms with Crippen LogP contribution in [0.25, 0.3) is 22.2 Å². The van der Waals surface area contributed by atoms with E-state index in [-0.39, 0.29) is 13.0 Å². The molecule has 0 aliphatic rings. The molecule has 4 rings (SSSR count). The average Bonchev–Trinajstić information content (AvgIpc) is 3.21. The van der Waals surface area contributed by atoms with E-state index < -0.39 is 24.1 Å². The number of esters is 1. The van der Waals surface area contributed by atoms with Crippen LogP contribution < -0.4 is 5.32 Å². The lowest BCUT2D eigenvalue weighted by atomic mass is 9.98. The minimum absolute atomic E-state index is 0.127. The summed E-state index contributed by atoms with van der Waals surface area (Å²) < 4.78 is 44.4. The maximum atomic E-state index is 13.0. The van der Waals surface area contributed by atoms with Gasteiger partial charge in [0.05, 0.1) is 0 Å². The number of aromatic amines is 1. The van der Waals surface area contributed by atoms with E-state index in [1.165, 1.54) is 0 Å². The van der Waals surface area contributed by atoms with Gasteiger partial charge in [0.1, 0.15) is 12.6 Å². The van der Waals surface area contributed by atoms with Crippen LogP contribution in [-0.2, 0) is 27.4 Å². The molecule has 1 heterocycles. The predicted octanol–water partition coefficient (Wildman–Crippen LogP) is 5.17. The first-order valence-electron chi connectivity index (χ1n) is 10.6. The number of aromatic nitrogens is 1. The Morgan fingerprint density at radius 1 is 0.882 bits per heavy atom. The number of rotatable bonds is 7.